The summed E-state index contributed by atoms with van der Waals surface area (Å²) < 4.78 is 19.0. The molecule has 3 aliphatic rings. The van der Waals surface area contributed by atoms with Crippen LogP contribution in [0.4, 0.5) is 5.69 Å². The number of nitrogens with one attached hydrogen (secondary N) is 2. The summed E-state index contributed by atoms with van der Waals surface area (Å²) in [4.78, 5) is 55.4. The monoisotopic (exact) mass is 773 g/mol. The van der Waals surface area contributed by atoms with Crippen LogP contribution in [-0.4, -0.2) is 50.8 Å². The van der Waals surface area contributed by atoms with Crippen LogP contribution in [0.15, 0.2) is 92.5 Å². The van der Waals surface area contributed by atoms with Crippen molar-refractivity contribution in [1.29, 1.82) is 0 Å². The van der Waals surface area contributed by atoms with Crippen LogP contribution in [-0.2, 0) is 10.3 Å². The Kier molecular flexibility index (Phi) is 8.88. The van der Waals surface area contributed by atoms with Gasteiger partial charge in [0.25, 0.3) is 11.8 Å². The number of carbonyl (C=O) groups is 3. The van der Waals surface area contributed by atoms with E-state index in [9.17, 15) is 19.2 Å². The van der Waals surface area contributed by atoms with Crippen LogP contribution >= 0.6 is 15.9 Å². The van der Waals surface area contributed by atoms with Crippen molar-refractivity contribution in [3.8, 4) is 11.5 Å². The first-order chi connectivity index (χ1) is 25.6. The van der Waals surface area contributed by atoms with Crippen molar-refractivity contribution in [3.05, 3.63) is 127 Å². The Morgan fingerprint density at radius 3 is 2.21 bits per heavy atom. The van der Waals surface area contributed by atoms with Gasteiger partial charge in [-0.2, -0.15) is 0 Å². The third kappa shape index (κ3) is 6.08. The largest absolute Gasteiger partial charge is 0.456 e. The van der Waals surface area contributed by atoms with E-state index in [-0.39, 0.29) is 23.6 Å². The number of ether oxygens (including phenoxy) is 2. The molecule has 2 amide bonds. The lowest BCUT2D eigenvalue weighted by Crippen LogP contribution is -2.44. The Labute approximate surface area is 315 Å². The van der Waals surface area contributed by atoms with Crippen LogP contribution in [0.2, 0.25) is 0 Å². The quantitative estimate of drug-likeness (QED) is 0.123. The molecule has 0 saturated heterocycles. The minimum atomic E-state index is -1.28. The van der Waals surface area contributed by atoms with Gasteiger partial charge in [0.2, 0.25) is 0 Å². The Bertz CT molecular complexity index is 2330. The molecule has 12 heteroatoms. The highest BCUT2D eigenvalue weighted by molar-refractivity contribution is 9.10. The molecule has 4 aromatic carbocycles. The van der Waals surface area contributed by atoms with E-state index in [0.717, 1.165) is 28.7 Å². The van der Waals surface area contributed by atoms with Gasteiger partial charge in [-0.1, -0.05) is 33.5 Å². The molecular formula is C41H37BBrN3O7. The molecule has 0 bridgehead atoms. The van der Waals surface area contributed by atoms with Gasteiger partial charge in [0.05, 0.1) is 5.56 Å². The standard InChI is InChI=1S/C41H37BBrN3O7/c1-3-46(4-2)28-13-5-22-17-30(39(49)52-34(22)21-28)38(48)45-27-11-9-26(10-12-27)44-37(47)23-6-14-29-33(18-23)41(53-40(29)50)31-15-7-24(42)19-35(31)51-36-20-25(43)8-16-32(36)41/h5-8,13-21,26-27H,3-4,9-12,42H2,1-2H3,(H,44,47)(H,45,48). The average molecular weight is 774 g/mol. The van der Waals surface area contributed by atoms with Crippen molar-refractivity contribution in [3.63, 3.8) is 0 Å². The number of amides is 2. The third-order valence-electron chi connectivity index (χ3n) is 10.7. The lowest BCUT2D eigenvalue weighted by Gasteiger charge is -2.36. The summed E-state index contributed by atoms with van der Waals surface area (Å²) in [5.74, 6) is -0.0623. The molecule has 1 spiro atoms. The molecular weight excluding hydrogens is 737 g/mol. The fraction of sp³-hybridized carbons (Fsp3) is 0.268. The summed E-state index contributed by atoms with van der Waals surface area (Å²) in [5, 5.41) is 6.84. The second-order valence-electron chi connectivity index (χ2n) is 13.9. The first-order valence-corrected chi connectivity index (χ1v) is 18.8. The number of fused-ring (bicyclic) bond motifs is 7. The molecule has 2 N–H and O–H groups in total. The molecule has 3 heterocycles. The van der Waals surface area contributed by atoms with Gasteiger partial charge < -0.3 is 29.4 Å². The second-order valence-corrected chi connectivity index (χ2v) is 14.8. The first-order valence-electron chi connectivity index (χ1n) is 18.0. The fourth-order valence-electron chi connectivity index (χ4n) is 7.90. The van der Waals surface area contributed by atoms with Gasteiger partial charge in [-0.25, -0.2) is 9.59 Å². The summed E-state index contributed by atoms with van der Waals surface area (Å²) in [5.41, 5.74) is 3.15. The third-order valence-corrected chi connectivity index (χ3v) is 11.2. The predicted molar refractivity (Wildman–Crippen MR) is 208 cm³/mol. The van der Waals surface area contributed by atoms with Gasteiger partial charge in [-0.3, -0.25) is 9.59 Å². The summed E-state index contributed by atoms with van der Waals surface area (Å²) in [6.07, 6.45) is 2.53. The molecule has 1 aromatic heterocycles. The van der Waals surface area contributed by atoms with Gasteiger partial charge in [0.15, 0.2) is 5.60 Å². The molecule has 1 saturated carbocycles. The molecule has 1 unspecified atom stereocenters. The summed E-state index contributed by atoms with van der Waals surface area (Å²) in [7, 11) is 1.97. The van der Waals surface area contributed by atoms with Gasteiger partial charge in [0.1, 0.15) is 30.5 Å². The topological polar surface area (TPSA) is 127 Å². The van der Waals surface area contributed by atoms with Crippen molar-refractivity contribution < 1.29 is 28.3 Å². The molecule has 5 aromatic rings. The molecule has 1 fully saturated rings. The number of nitrogens with zero attached hydrogens (tertiary/aromatic N) is 1. The maximum atomic E-state index is 13.7. The van der Waals surface area contributed by atoms with Crippen LogP contribution in [0.1, 0.15) is 87.3 Å². The molecule has 0 radical (unpaired) electrons. The van der Waals surface area contributed by atoms with E-state index >= 15 is 0 Å². The molecule has 8 rings (SSSR count). The van der Waals surface area contributed by atoms with E-state index in [2.05, 4.69) is 45.3 Å². The van der Waals surface area contributed by atoms with E-state index < -0.39 is 23.1 Å². The zero-order chi connectivity index (χ0) is 37.0. The Morgan fingerprint density at radius 2 is 1.49 bits per heavy atom. The van der Waals surface area contributed by atoms with E-state index in [4.69, 9.17) is 13.9 Å². The van der Waals surface area contributed by atoms with E-state index in [1.54, 1.807) is 24.3 Å². The van der Waals surface area contributed by atoms with Crippen LogP contribution in [0.3, 0.4) is 0 Å². The normalized spacial score (nSPS) is 19.8. The zero-order valence-electron chi connectivity index (χ0n) is 29.6. The number of hydrogen-bond acceptors (Lipinski definition) is 8. The average Bonchev–Trinajstić information content (AvgIpc) is 3.43. The maximum Gasteiger partial charge on any atom is 0.349 e. The molecule has 2 aliphatic heterocycles. The summed E-state index contributed by atoms with van der Waals surface area (Å²) in [6, 6.07) is 23.4. The van der Waals surface area contributed by atoms with Gasteiger partial charge in [-0.05, 0) is 100 Å². The van der Waals surface area contributed by atoms with Gasteiger partial charge in [0, 0.05) is 69.0 Å². The number of halogens is 1. The van der Waals surface area contributed by atoms with Crippen LogP contribution in [0, 0.1) is 0 Å². The fourth-order valence-corrected chi connectivity index (χ4v) is 8.24. The van der Waals surface area contributed by atoms with Crippen molar-refractivity contribution >= 4 is 63.7 Å². The minimum absolute atomic E-state index is 0.0297. The van der Waals surface area contributed by atoms with Gasteiger partial charge in [-0.15, -0.1) is 0 Å². The number of esters is 1. The Hall–Kier alpha value is -5.36. The van der Waals surface area contributed by atoms with Crippen molar-refractivity contribution in [1.82, 2.24) is 10.6 Å². The molecule has 1 atom stereocenters. The maximum absolute atomic E-state index is 13.7. The van der Waals surface area contributed by atoms with Crippen LogP contribution < -0.4 is 31.4 Å². The molecule has 1 aliphatic carbocycles. The predicted octanol–water partition coefficient (Wildman–Crippen LogP) is 5.70. The van der Waals surface area contributed by atoms with Crippen LogP contribution in [0.5, 0.6) is 11.5 Å². The second kappa shape index (κ2) is 13.6. The number of benzene rings is 4. The lowest BCUT2D eigenvalue weighted by molar-refractivity contribution is 0.0224. The minimum Gasteiger partial charge on any atom is -0.456 e. The number of rotatable bonds is 7. The van der Waals surface area contributed by atoms with Gasteiger partial charge >= 0.3 is 11.6 Å². The highest BCUT2D eigenvalue weighted by Crippen LogP contribution is 2.56. The van der Waals surface area contributed by atoms with E-state index in [1.165, 1.54) is 0 Å². The lowest BCUT2D eigenvalue weighted by atomic mass is 9.76. The smallest absolute Gasteiger partial charge is 0.349 e. The highest BCUT2D eigenvalue weighted by Gasteiger charge is 2.53. The summed E-state index contributed by atoms with van der Waals surface area (Å²) in [6.45, 7) is 5.77. The number of anilines is 1. The zero-order valence-corrected chi connectivity index (χ0v) is 31.2. The van der Waals surface area contributed by atoms with Crippen molar-refractivity contribution in [2.75, 3.05) is 18.0 Å². The highest BCUT2D eigenvalue weighted by atomic mass is 79.9. The van der Waals surface area contributed by atoms with Crippen molar-refractivity contribution in [2.24, 2.45) is 0 Å². The van der Waals surface area contributed by atoms with Crippen molar-refractivity contribution in [2.45, 2.75) is 57.2 Å². The SMILES string of the molecule is Bc1ccc2c(c1)Oc1cc(Br)ccc1C21OC(=O)c2ccc(C(=O)NC3CCC(NC(=O)c4cc5ccc(N(CC)CC)cc5oc4=O)CC3)cc21. The van der Waals surface area contributed by atoms with E-state index in [1.807, 2.05) is 62.4 Å². The first kappa shape index (κ1) is 34.7. The Morgan fingerprint density at radius 1 is 0.811 bits per heavy atom. The number of hydrogen-bond donors (Lipinski definition) is 2. The molecule has 53 heavy (non-hydrogen) atoms. The summed E-state index contributed by atoms with van der Waals surface area (Å²) >= 11 is 3.53. The number of carbonyl (C=O) groups excluding carboxylic acids is 3. The molecule has 10 nitrogen and oxygen atoms in total. The Balaban J connectivity index is 0.966. The van der Waals surface area contributed by atoms with Crippen LogP contribution in [0.25, 0.3) is 11.0 Å². The van der Waals surface area contributed by atoms with E-state index in [0.29, 0.717) is 76.0 Å². The molecule has 268 valence electrons.